The van der Waals surface area contributed by atoms with Crippen LogP contribution >= 0.6 is 0 Å². The second-order valence-electron chi connectivity index (χ2n) is 4.23. The molecule has 0 spiro atoms. The van der Waals surface area contributed by atoms with Gasteiger partial charge in [-0.05, 0) is 18.6 Å². The molecule has 0 saturated heterocycles. The Morgan fingerprint density at radius 2 is 2.06 bits per heavy atom. The fraction of sp³-hybridized carbons (Fsp3) is 0.500. The van der Waals surface area contributed by atoms with Crippen molar-refractivity contribution in [2.24, 2.45) is 0 Å². The van der Waals surface area contributed by atoms with Gasteiger partial charge in [-0.15, -0.1) is 0 Å². The summed E-state index contributed by atoms with van der Waals surface area (Å²) >= 11 is 0. The van der Waals surface area contributed by atoms with Crippen molar-refractivity contribution in [1.29, 1.82) is 0 Å². The molecule has 0 aromatic heterocycles. The largest absolute Gasteiger partial charge is 0.383 e. The van der Waals surface area contributed by atoms with Crippen LogP contribution in [0.3, 0.4) is 0 Å². The molecule has 100 valence electrons. The molecule has 0 aliphatic rings. The van der Waals surface area contributed by atoms with E-state index in [1.165, 1.54) is 0 Å². The number of carbonyl (C=O) groups excluding carboxylic acids is 1. The van der Waals surface area contributed by atoms with Crippen LogP contribution in [0.5, 0.6) is 0 Å². The van der Waals surface area contributed by atoms with Gasteiger partial charge in [0.2, 0.25) is 5.91 Å². The highest BCUT2D eigenvalue weighted by atomic mass is 16.5. The van der Waals surface area contributed by atoms with Crippen LogP contribution < -0.4 is 10.6 Å². The van der Waals surface area contributed by atoms with E-state index in [2.05, 4.69) is 17.6 Å². The maximum atomic E-state index is 11.7. The zero-order valence-corrected chi connectivity index (χ0v) is 11.1. The van der Waals surface area contributed by atoms with Crippen molar-refractivity contribution >= 4 is 11.6 Å². The number of methoxy groups -OCH3 is 1. The minimum absolute atomic E-state index is 0.00523. The summed E-state index contributed by atoms with van der Waals surface area (Å²) in [4.78, 5) is 11.7. The Balaban J connectivity index is 2.31. The first-order valence-electron chi connectivity index (χ1n) is 6.33. The van der Waals surface area contributed by atoms with Gasteiger partial charge in [-0.3, -0.25) is 4.79 Å². The minimum atomic E-state index is -0.00523. The Bertz CT molecular complexity index is 335. The summed E-state index contributed by atoms with van der Waals surface area (Å²) in [5.74, 6) is -0.00523. The Hall–Kier alpha value is -1.55. The number of nitrogens with one attached hydrogen (secondary N) is 2. The van der Waals surface area contributed by atoms with Crippen molar-refractivity contribution in [3.8, 4) is 0 Å². The van der Waals surface area contributed by atoms with Crippen molar-refractivity contribution in [2.75, 3.05) is 25.6 Å². The third-order valence-corrected chi connectivity index (χ3v) is 2.60. The number of benzene rings is 1. The monoisotopic (exact) mass is 250 g/mol. The molecule has 0 heterocycles. The molecule has 4 heteroatoms. The summed E-state index contributed by atoms with van der Waals surface area (Å²) in [6.45, 7) is 2.94. The van der Waals surface area contributed by atoms with Crippen LogP contribution in [-0.2, 0) is 9.53 Å². The Kier molecular flexibility index (Phi) is 6.87. The zero-order valence-electron chi connectivity index (χ0n) is 11.1. The number of carbonyl (C=O) groups is 1. The zero-order chi connectivity index (χ0) is 13.2. The van der Waals surface area contributed by atoms with Crippen molar-refractivity contribution in [3.63, 3.8) is 0 Å². The lowest BCUT2D eigenvalue weighted by molar-refractivity contribution is -0.120. The minimum Gasteiger partial charge on any atom is -0.383 e. The van der Waals surface area contributed by atoms with Crippen LogP contribution in [0.15, 0.2) is 30.3 Å². The van der Waals surface area contributed by atoms with E-state index < -0.39 is 0 Å². The van der Waals surface area contributed by atoms with Crippen LogP contribution in [-0.4, -0.2) is 32.2 Å². The summed E-state index contributed by atoms with van der Waals surface area (Å²) in [7, 11) is 1.65. The average Bonchev–Trinajstić information content (AvgIpc) is 2.38. The van der Waals surface area contributed by atoms with Crippen LogP contribution in [0.2, 0.25) is 0 Å². The van der Waals surface area contributed by atoms with Crippen LogP contribution in [0, 0.1) is 0 Å². The Morgan fingerprint density at radius 1 is 1.33 bits per heavy atom. The Morgan fingerprint density at radius 3 is 2.67 bits per heavy atom. The smallest absolute Gasteiger partial charge is 0.239 e. The first kappa shape index (κ1) is 14.5. The molecule has 18 heavy (non-hydrogen) atoms. The van der Waals surface area contributed by atoms with Gasteiger partial charge in [0.1, 0.15) is 0 Å². The molecule has 0 aliphatic carbocycles. The molecule has 0 saturated carbocycles. The predicted octanol–water partition coefficient (Wildman–Crippen LogP) is 2.03. The molecule has 1 amide bonds. The van der Waals surface area contributed by atoms with Gasteiger partial charge in [0.25, 0.3) is 0 Å². The number of hydrogen-bond donors (Lipinski definition) is 2. The number of ether oxygens (including phenoxy) is 1. The average molecular weight is 250 g/mol. The molecule has 1 rings (SSSR count). The molecule has 0 radical (unpaired) electrons. The summed E-state index contributed by atoms with van der Waals surface area (Å²) in [6.07, 6.45) is 1.96. The van der Waals surface area contributed by atoms with Gasteiger partial charge in [-0.25, -0.2) is 0 Å². The second-order valence-corrected chi connectivity index (χ2v) is 4.23. The molecule has 0 aliphatic heterocycles. The fourth-order valence-electron chi connectivity index (χ4n) is 1.76. The third kappa shape index (κ3) is 5.68. The molecule has 4 nitrogen and oxygen atoms in total. The number of amides is 1. The summed E-state index contributed by atoms with van der Waals surface area (Å²) < 4.78 is 5.09. The molecule has 0 fully saturated rings. The predicted molar refractivity (Wildman–Crippen MR) is 73.6 cm³/mol. The second kappa shape index (κ2) is 8.53. The molecule has 2 N–H and O–H groups in total. The lowest BCUT2D eigenvalue weighted by Crippen LogP contribution is -2.40. The molecule has 1 aromatic carbocycles. The third-order valence-electron chi connectivity index (χ3n) is 2.60. The van der Waals surface area contributed by atoms with Crippen molar-refractivity contribution < 1.29 is 9.53 Å². The number of hydrogen-bond acceptors (Lipinski definition) is 3. The van der Waals surface area contributed by atoms with Crippen LogP contribution in [0.25, 0.3) is 0 Å². The highest BCUT2D eigenvalue weighted by Crippen LogP contribution is 2.04. The lowest BCUT2D eigenvalue weighted by Gasteiger charge is -2.17. The van der Waals surface area contributed by atoms with E-state index in [4.69, 9.17) is 4.74 Å². The SMILES string of the molecule is CCCC(COC)NC(=O)CNc1ccccc1. The quantitative estimate of drug-likeness (QED) is 0.742. The molecular weight excluding hydrogens is 228 g/mol. The summed E-state index contributed by atoms with van der Waals surface area (Å²) in [5.41, 5.74) is 0.950. The first-order valence-corrected chi connectivity index (χ1v) is 6.33. The van der Waals surface area contributed by atoms with Crippen LogP contribution in [0.1, 0.15) is 19.8 Å². The van der Waals surface area contributed by atoms with Gasteiger partial charge in [-0.1, -0.05) is 31.5 Å². The Labute approximate surface area is 109 Å². The van der Waals surface area contributed by atoms with E-state index in [1.807, 2.05) is 30.3 Å². The first-order chi connectivity index (χ1) is 8.76. The number of anilines is 1. The van der Waals surface area contributed by atoms with E-state index in [0.29, 0.717) is 6.61 Å². The highest BCUT2D eigenvalue weighted by Gasteiger charge is 2.10. The van der Waals surface area contributed by atoms with Gasteiger partial charge >= 0.3 is 0 Å². The topological polar surface area (TPSA) is 50.4 Å². The van der Waals surface area contributed by atoms with E-state index in [-0.39, 0.29) is 18.5 Å². The van der Waals surface area contributed by atoms with Crippen molar-refractivity contribution in [2.45, 2.75) is 25.8 Å². The van der Waals surface area contributed by atoms with Crippen molar-refractivity contribution in [1.82, 2.24) is 5.32 Å². The van der Waals surface area contributed by atoms with Gasteiger partial charge in [0, 0.05) is 12.8 Å². The molecule has 1 atom stereocenters. The maximum absolute atomic E-state index is 11.7. The van der Waals surface area contributed by atoms with Gasteiger partial charge in [0.05, 0.1) is 19.2 Å². The lowest BCUT2D eigenvalue weighted by atomic mass is 10.2. The van der Waals surface area contributed by atoms with Gasteiger partial charge in [0.15, 0.2) is 0 Å². The molecule has 0 bridgehead atoms. The highest BCUT2D eigenvalue weighted by molar-refractivity contribution is 5.80. The summed E-state index contributed by atoms with van der Waals surface area (Å²) in [6, 6.07) is 9.79. The summed E-state index contributed by atoms with van der Waals surface area (Å²) in [5, 5.41) is 6.04. The van der Waals surface area contributed by atoms with E-state index in [9.17, 15) is 4.79 Å². The van der Waals surface area contributed by atoms with E-state index in [0.717, 1.165) is 18.5 Å². The fourth-order valence-corrected chi connectivity index (χ4v) is 1.76. The van der Waals surface area contributed by atoms with E-state index in [1.54, 1.807) is 7.11 Å². The molecule has 1 unspecified atom stereocenters. The molecular formula is C14H22N2O2. The van der Waals surface area contributed by atoms with Gasteiger partial charge < -0.3 is 15.4 Å². The maximum Gasteiger partial charge on any atom is 0.239 e. The standard InChI is InChI=1S/C14H22N2O2/c1-3-7-13(11-18-2)16-14(17)10-15-12-8-5-4-6-9-12/h4-6,8-9,13,15H,3,7,10-11H2,1-2H3,(H,16,17). The molecule has 1 aromatic rings. The van der Waals surface area contributed by atoms with Crippen LogP contribution in [0.4, 0.5) is 5.69 Å². The normalized spacial score (nSPS) is 11.9. The van der Waals surface area contributed by atoms with Crippen molar-refractivity contribution in [3.05, 3.63) is 30.3 Å². The van der Waals surface area contributed by atoms with E-state index >= 15 is 0 Å². The number of rotatable bonds is 8. The van der Waals surface area contributed by atoms with Gasteiger partial charge in [-0.2, -0.15) is 0 Å². The number of para-hydroxylation sites is 1.